The summed E-state index contributed by atoms with van der Waals surface area (Å²) in [5.74, 6) is 0.665. The molecular weight excluding hydrogens is 176 g/mol. The summed E-state index contributed by atoms with van der Waals surface area (Å²) < 4.78 is 4.99. The van der Waals surface area contributed by atoms with Crippen molar-refractivity contribution in [2.75, 3.05) is 7.11 Å². The molecule has 0 saturated heterocycles. The summed E-state index contributed by atoms with van der Waals surface area (Å²) in [6.45, 7) is 1.69. The number of aliphatic hydroxyl groups excluding tert-OH is 1. The number of rotatable bonds is 2. The SMILES string of the molecule is COc1cc(Cl)cc(C(C)O)c1. The number of methoxy groups -OCH3 is 1. The summed E-state index contributed by atoms with van der Waals surface area (Å²) >= 11 is 5.78. The zero-order valence-electron chi connectivity index (χ0n) is 7.04. The van der Waals surface area contributed by atoms with Crippen molar-refractivity contribution < 1.29 is 9.84 Å². The van der Waals surface area contributed by atoms with Gasteiger partial charge in [-0.2, -0.15) is 0 Å². The number of halogens is 1. The Bertz CT molecular complexity index is 271. The van der Waals surface area contributed by atoms with Gasteiger partial charge in [0.15, 0.2) is 0 Å². The molecule has 0 aliphatic heterocycles. The van der Waals surface area contributed by atoms with Crippen LogP contribution in [0, 0.1) is 0 Å². The van der Waals surface area contributed by atoms with Crippen LogP contribution in [0.5, 0.6) is 5.75 Å². The first-order valence-corrected chi connectivity index (χ1v) is 4.04. The second-order valence-corrected chi connectivity index (χ2v) is 3.04. The van der Waals surface area contributed by atoms with Gasteiger partial charge in [-0.1, -0.05) is 11.6 Å². The van der Waals surface area contributed by atoms with Crippen molar-refractivity contribution in [3.63, 3.8) is 0 Å². The molecule has 0 heterocycles. The number of hydrogen-bond acceptors (Lipinski definition) is 2. The third-order valence-electron chi connectivity index (χ3n) is 1.61. The van der Waals surface area contributed by atoms with E-state index in [1.54, 1.807) is 32.2 Å². The smallest absolute Gasteiger partial charge is 0.120 e. The second-order valence-electron chi connectivity index (χ2n) is 2.60. The van der Waals surface area contributed by atoms with Crippen LogP contribution in [0.2, 0.25) is 5.02 Å². The molecular formula is C9H11ClO2. The number of benzene rings is 1. The van der Waals surface area contributed by atoms with Crippen LogP contribution in [-0.2, 0) is 0 Å². The Labute approximate surface area is 76.7 Å². The van der Waals surface area contributed by atoms with Crippen LogP contribution >= 0.6 is 11.6 Å². The third kappa shape index (κ3) is 2.13. The lowest BCUT2D eigenvalue weighted by Gasteiger charge is -2.07. The first kappa shape index (κ1) is 9.36. The van der Waals surface area contributed by atoms with Gasteiger partial charge in [0.1, 0.15) is 5.75 Å². The molecule has 1 aromatic carbocycles. The monoisotopic (exact) mass is 186 g/mol. The Morgan fingerprint density at radius 1 is 1.42 bits per heavy atom. The van der Waals surface area contributed by atoms with Crippen molar-refractivity contribution in [3.8, 4) is 5.75 Å². The summed E-state index contributed by atoms with van der Waals surface area (Å²) in [5.41, 5.74) is 0.763. The molecule has 0 aromatic heterocycles. The number of aliphatic hydroxyl groups is 1. The molecule has 0 fully saturated rings. The molecule has 1 aromatic rings. The van der Waals surface area contributed by atoms with Gasteiger partial charge in [0.05, 0.1) is 13.2 Å². The van der Waals surface area contributed by atoms with E-state index >= 15 is 0 Å². The minimum atomic E-state index is -0.516. The number of ether oxygens (including phenoxy) is 1. The van der Waals surface area contributed by atoms with E-state index in [4.69, 9.17) is 16.3 Å². The maximum Gasteiger partial charge on any atom is 0.120 e. The first-order valence-electron chi connectivity index (χ1n) is 3.66. The summed E-state index contributed by atoms with van der Waals surface area (Å²) in [5, 5.41) is 9.83. The van der Waals surface area contributed by atoms with Crippen molar-refractivity contribution in [2.24, 2.45) is 0 Å². The molecule has 2 nitrogen and oxygen atoms in total. The molecule has 0 saturated carbocycles. The maximum absolute atomic E-state index is 9.25. The van der Waals surface area contributed by atoms with Crippen LogP contribution in [0.15, 0.2) is 18.2 Å². The molecule has 3 heteroatoms. The predicted molar refractivity (Wildman–Crippen MR) is 48.6 cm³/mol. The molecule has 0 amide bonds. The highest BCUT2D eigenvalue weighted by molar-refractivity contribution is 6.30. The fourth-order valence-electron chi connectivity index (χ4n) is 0.943. The first-order chi connectivity index (χ1) is 5.63. The highest BCUT2D eigenvalue weighted by Crippen LogP contribution is 2.24. The summed E-state index contributed by atoms with van der Waals surface area (Å²) in [6.07, 6.45) is -0.516. The van der Waals surface area contributed by atoms with E-state index in [0.717, 1.165) is 5.56 Å². The quantitative estimate of drug-likeness (QED) is 0.769. The van der Waals surface area contributed by atoms with Crippen LogP contribution in [0.3, 0.4) is 0 Å². The lowest BCUT2D eigenvalue weighted by molar-refractivity contribution is 0.199. The van der Waals surface area contributed by atoms with Crippen LogP contribution in [-0.4, -0.2) is 12.2 Å². The average molecular weight is 187 g/mol. The molecule has 66 valence electrons. The van der Waals surface area contributed by atoms with E-state index < -0.39 is 6.10 Å². The van der Waals surface area contributed by atoms with Crippen LogP contribution in [0.4, 0.5) is 0 Å². The van der Waals surface area contributed by atoms with Gasteiger partial charge in [-0.15, -0.1) is 0 Å². The molecule has 0 aliphatic rings. The van der Waals surface area contributed by atoms with Gasteiger partial charge in [-0.3, -0.25) is 0 Å². The molecule has 1 atom stereocenters. The average Bonchev–Trinajstić information content (AvgIpc) is 2.03. The van der Waals surface area contributed by atoms with Crippen LogP contribution < -0.4 is 4.74 Å². The van der Waals surface area contributed by atoms with E-state index in [2.05, 4.69) is 0 Å². The molecule has 0 bridgehead atoms. The molecule has 1 N–H and O–H groups in total. The summed E-state index contributed by atoms with van der Waals surface area (Å²) in [7, 11) is 1.57. The zero-order valence-corrected chi connectivity index (χ0v) is 7.80. The Hall–Kier alpha value is -0.730. The van der Waals surface area contributed by atoms with Gasteiger partial charge in [0, 0.05) is 5.02 Å². The molecule has 1 rings (SSSR count). The van der Waals surface area contributed by atoms with E-state index in [0.29, 0.717) is 10.8 Å². The van der Waals surface area contributed by atoms with Gasteiger partial charge < -0.3 is 9.84 Å². The van der Waals surface area contributed by atoms with Gasteiger partial charge >= 0.3 is 0 Å². The Morgan fingerprint density at radius 3 is 2.58 bits per heavy atom. The molecule has 0 spiro atoms. The zero-order chi connectivity index (χ0) is 9.14. The van der Waals surface area contributed by atoms with E-state index in [-0.39, 0.29) is 0 Å². The van der Waals surface area contributed by atoms with Crippen molar-refractivity contribution in [1.82, 2.24) is 0 Å². The maximum atomic E-state index is 9.25. The standard InChI is InChI=1S/C9H11ClO2/c1-6(11)7-3-8(10)5-9(4-7)12-2/h3-6,11H,1-2H3. The fraction of sp³-hybridized carbons (Fsp3) is 0.333. The van der Waals surface area contributed by atoms with Crippen LogP contribution in [0.25, 0.3) is 0 Å². The topological polar surface area (TPSA) is 29.5 Å². The Kier molecular flexibility index (Phi) is 2.95. The molecule has 1 unspecified atom stereocenters. The Balaban J connectivity index is 3.06. The Morgan fingerprint density at radius 2 is 2.08 bits per heavy atom. The van der Waals surface area contributed by atoms with Crippen molar-refractivity contribution in [3.05, 3.63) is 28.8 Å². The molecule has 0 radical (unpaired) electrons. The van der Waals surface area contributed by atoms with Gasteiger partial charge in [-0.25, -0.2) is 0 Å². The summed E-state index contributed by atoms with van der Waals surface area (Å²) in [4.78, 5) is 0. The third-order valence-corrected chi connectivity index (χ3v) is 1.83. The van der Waals surface area contributed by atoms with Crippen molar-refractivity contribution in [1.29, 1.82) is 0 Å². The van der Waals surface area contributed by atoms with E-state index in [9.17, 15) is 5.11 Å². The van der Waals surface area contributed by atoms with Crippen molar-refractivity contribution in [2.45, 2.75) is 13.0 Å². The van der Waals surface area contributed by atoms with Crippen LogP contribution in [0.1, 0.15) is 18.6 Å². The summed E-state index contributed by atoms with van der Waals surface area (Å²) in [6, 6.07) is 5.18. The highest BCUT2D eigenvalue weighted by atomic mass is 35.5. The highest BCUT2D eigenvalue weighted by Gasteiger charge is 2.03. The lowest BCUT2D eigenvalue weighted by atomic mass is 10.1. The van der Waals surface area contributed by atoms with Gasteiger partial charge in [0.2, 0.25) is 0 Å². The van der Waals surface area contributed by atoms with Gasteiger partial charge in [-0.05, 0) is 30.7 Å². The normalized spacial score (nSPS) is 12.7. The van der Waals surface area contributed by atoms with E-state index in [1.165, 1.54) is 0 Å². The van der Waals surface area contributed by atoms with Crippen molar-refractivity contribution >= 4 is 11.6 Å². The number of hydrogen-bond donors (Lipinski definition) is 1. The predicted octanol–water partition coefficient (Wildman–Crippen LogP) is 2.40. The van der Waals surface area contributed by atoms with E-state index in [1.807, 2.05) is 0 Å². The van der Waals surface area contributed by atoms with Gasteiger partial charge in [0.25, 0.3) is 0 Å². The lowest BCUT2D eigenvalue weighted by Crippen LogP contribution is -1.92. The molecule has 0 aliphatic carbocycles. The second kappa shape index (κ2) is 3.78. The molecule has 12 heavy (non-hydrogen) atoms. The largest absolute Gasteiger partial charge is 0.497 e. The minimum Gasteiger partial charge on any atom is -0.497 e. The minimum absolute atomic E-state index is 0.516. The fourth-order valence-corrected chi connectivity index (χ4v) is 1.18.